The molecule has 1 aromatic carbocycles. The van der Waals surface area contributed by atoms with Crippen LogP contribution in [0.5, 0.6) is 0 Å². The average molecular weight is 474 g/mol. The van der Waals surface area contributed by atoms with Gasteiger partial charge in [-0.2, -0.15) is 5.10 Å². The quantitative estimate of drug-likeness (QED) is 0.193. The van der Waals surface area contributed by atoms with E-state index in [0.29, 0.717) is 36.2 Å². The van der Waals surface area contributed by atoms with Crippen molar-refractivity contribution in [3.63, 3.8) is 0 Å². The largest absolute Gasteiger partial charge is 0.633 e. The Labute approximate surface area is 198 Å². The highest BCUT2D eigenvalue weighted by Crippen LogP contribution is 2.23. The Bertz CT molecular complexity index is 1010. The standard InChI is InChI=1S/C23H28ClN5O4/c1-29(32)14-12-26(13-15-29)10-2-3-11-27-22(30)17-28(23(27)31)25-16-20-8-9-21(33-20)18-4-6-19(24)7-5-18/h4-9,16H,2-3,10-15,17H2,1H3/b25-16-. The van der Waals surface area contributed by atoms with Gasteiger partial charge in [0.1, 0.15) is 18.1 Å². The van der Waals surface area contributed by atoms with Gasteiger partial charge in [0, 0.05) is 30.2 Å². The fourth-order valence-corrected chi connectivity index (χ4v) is 4.04. The van der Waals surface area contributed by atoms with E-state index in [9.17, 15) is 14.8 Å². The van der Waals surface area contributed by atoms with Gasteiger partial charge in [0.05, 0.1) is 26.4 Å². The van der Waals surface area contributed by atoms with Gasteiger partial charge in [-0.15, -0.1) is 0 Å². The van der Waals surface area contributed by atoms with E-state index in [1.54, 1.807) is 25.2 Å². The molecule has 176 valence electrons. The normalized spacial score (nSPS) is 19.2. The molecule has 9 nitrogen and oxygen atoms in total. The third-order valence-corrected chi connectivity index (χ3v) is 6.25. The van der Waals surface area contributed by atoms with Crippen molar-refractivity contribution in [1.29, 1.82) is 0 Å². The second-order valence-corrected chi connectivity index (χ2v) is 9.07. The van der Waals surface area contributed by atoms with E-state index in [1.165, 1.54) is 11.1 Å². The van der Waals surface area contributed by atoms with Gasteiger partial charge in [-0.3, -0.25) is 14.6 Å². The van der Waals surface area contributed by atoms with Gasteiger partial charge in [0.2, 0.25) is 0 Å². The van der Waals surface area contributed by atoms with E-state index in [1.807, 2.05) is 18.2 Å². The number of nitrogens with zero attached hydrogens (tertiary/aromatic N) is 5. The zero-order valence-electron chi connectivity index (χ0n) is 18.7. The molecule has 2 aromatic rings. The molecule has 10 heteroatoms. The molecular weight excluding hydrogens is 446 g/mol. The van der Waals surface area contributed by atoms with Crippen molar-refractivity contribution in [2.45, 2.75) is 12.8 Å². The summed E-state index contributed by atoms with van der Waals surface area (Å²) >= 11 is 5.92. The van der Waals surface area contributed by atoms with Gasteiger partial charge in [-0.25, -0.2) is 9.80 Å². The molecule has 4 rings (SSSR count). The first-order chi connectivity index (χ1) is 15.8. The second kappa shape index (κ2) is 10.0. The third kappa shape index (κ3) is 6.00. The Balaban J connectivity index is 1.24. The molecule has 0 aliphatic carbocycles. The summed E-state index contributed by atoms with van der Waals surface area (Å²) in [6.07, 6.45) is 3.02. The lowest BCUT2D eigenvalue weighted by atomic mass is 10.2. The number of rotatable bonds is 8. The maximum absolute atomic E-state index is 12.6. The fraction of sp³-hybridized carbons (Fsp3) is 0.435. The van der Waals surface area contributed by atoms with Crippen molar-refractivity contribution >= 4 is 29.8 Å². The van der Waals surface area contributed by atoms with E-state index in [0.717, 1.165) is 43.0 Å². The number of halogens is 1. The summed E-state index contributed by atoms with van der Waals surface area (Å²) in [4.78, 5) is 28.4. The molecule has 0 bridgehead atoms. The number of urea groups is 1. The number of carbonyl (C=O) groups is 2. The molecule has 2 aliphatic heterocycles. The van der Waals surface area contributed by atoms with Crippen LogP contribution in [0.25, 0.3) is 11.3 Å². The number of hydrogen-bond donors (Lipinski definition) is 0. The molecule has 2 fully saturated rings. The molecule has 0 spiro atoms. The van der Waals surface area contributed by atoms with Crippen LogP contribution in [-0.2, 0) is 4.79 Å². The average Bonchev–Trinajstić information content (AvgIpc) is 3.36. The van der Waals surface area contributed by atoms with Crippen LogP contribution in [0.3, 0.4) is 0 Å². The van der Waals surface area contributed by atoms with Crippen LogP contribution in [0.15, 0.2) is 45.9 Å². The number of furan rings is 1. The number of hydroxylamine groups is 3. The van der Waals surface area contributed by atoms with Crippen molar-refractivity contribution in [1.82, 2.24) is 14.8 Å². The second-order valence-electron chi connectivity index (χ2n) is 8.63. The summed E-state index contributed by atoms with van der Waals surface area (Å²) in [5.74, 6) is 0.884. The van der Waals surface area contributed by atoms with Gasteiger partial charge >= 0.3 is 6.03 Å². The monoisotopic (exact) mass is 473 g/mol. The van der Waals surface area contributed by atoms with Crippen LogP contribution < -0.4 is 0 Å². The predicted octanol–water partition coefficient (Wildman–Crippen LogP) is 3.24. The van der Waals surface area contributed by atoms with Gasteiger partial charge < -0.3 is 14.3 Å². The molecule has 0 saturated carbocycles. The first-order valence-electron chi connectivity index (χ1n) is 11.1. The Morgan fingerprint density at radius 2 is 1.79 bits per heavy atom. The molecule has 0 N–H and O–H groups in total. The molecule has 3 amide bonds. The number of carbonyl (C=O) groups excluding carboxylic acids is 2. The highest BCUT2D eigenvalue weighted by molar-refractivity contribution is 6.30. The molecule has 33 heavy (non-hydrogen) atoms. The van der Waals surface area contributed by atoms with Gasteiger partial charge in [0.25, 0.3) is 5.91 Å². The summed E-state index contributed by atoms with van der Waals surface area (Å²) < 4.78 is 5.58. The molecule has 3 heterocycles. The summed E-state index contributed by atoms with van der Waals surface area (Å²) in [6.45, 7) is 3.94. The van der Waals surface area contributed by atoms with Crippen LogP contribution in [0.1, 0.15) is 18.6 Å². The Morgan fingerprint density at radius 3 is 2.52 bits per heavy atom. The lowest BCUT2D eigenvalue weighted by molar-refractivity contribution is -0.865. The number of likely N-dealkylation sites (N-methyl/N-ethyl adjacent to an activating group) is 1. The Morgan fingerprint density at radius 1 is 1.09 bits per heavy atom. The first kappa shape index (κ1) is 23.4. The minimum Gasteiger partial charge on any atom is -0.633 e. The van der Waals surface area contributed by atoms with Crippen molar-refractivity contribution in [2.24, 2.45) is 5.10 Å². The van der Waals surface area contributed by atoms with E-state index in [4.69, 9.17) is 16.0 Å². The van der Waals surface area contributed by atoms with Gasteiger partial charge in [-0.1, -0.05) is 11.6 Å². The zero-order valence-corrected chi connectivity index (χ0v) is 19.4. The van der Waals surface area contributed by atoms with Crippen LogP contribution in [-0.4, -0.2) is 90.5 Å². The molecule has 2 saturated heterocycles. The Kier molecular flexibility index (Phi) is 7.14. The minimum atomic E-state index is -0.418. The van der Waals surface area contributed by atoms with Crippen molar-refractivity contribution in [2.75, 3.05) is 52.9 Å². The van der Waals surface area contributed by atoms with Crippen molar-refractivity contribution < 1.29 is 18.7 Å². The molecular formula is C23H28ClN5O4. The number of hydrazone groups is 1. The van der Waals surface area contributed by atoms with E-state index in [-0.39, 0.29) is 17.1 Å². The number of piperazine rings is 1. The fourth-order valence-electron chi connectivity index (χ4n) is 3.91. The lowest BCUT2D eigenvalue weighted by Crippen LogP contribution is -2.53. The van der Waals surface area contributed by atoms with Crippen LogP contribution in [0.4, 0.5) is 4.79 Å². The summed E-state index contributed by atoms with van der Waals surface area (Å²) in [5, 5.41) is 17.9. The number of benzene rings is 1. The lowest BCUT2D eigenvalue weighted by Gasteiger charge is -2.45. The maximum Gasteiger partial charge on any atom is 0.347 e. The highest BCUT2D eigenvalue weighted by Gasteiger charge is 2.35. The number of unbranched alkanes of at least 4 members (excludes halogenated alkanes) is 1. The minimum absolute atomic E-state index is 0.0772. The van der Waals surface area contributed by atoms with Crippen molar-refractivity contribution in [3.8, 4) is 11.3 Å². The highest BCUT2D eigenvalue weighted by atomic mass is 35.5. The van der Waals surface area contributed by atoms with Crippen molar-refractivity contribution in [3.05, 3.63) is 52.4 Å². The SMILES string of the molecule is C[N+]1([O-])CCN(CCCCN2C(=O)CN(/N=C\c3ccc(-c4ccc(Cl)cc4)o3)C2=O)CC1. The van der Waals surface area contributed by atoms with E-state index < -0.39 is 6.03 Å². The van der Waals surface area contributed by atoms with Gasteiger partial charge in [-0.05, 0) is 55.8 Å². The van der Waals surface area contributed by atoms with E-state index in [2.05, 4.69) is 10.0 Å². The van der Waals surface area contributed by atoms with Crippen LogP contribution >= 0.6 is 11.6 Å². The molecule has 2 aliphatic rings. The van der Waals surface area contributed by atoms with Crippen LogP contribution in [0, 0.1) is 5.21 Å². The van der Waals surface area contributed by atoms with Crippen LogP contribution in [0.2, 0.25) is 5.02 Å². The number of amides is 3. The Hall–Kier alpha value is -2.72. The maximum atomic E-state index is 12.6. The number of hydrogen-bond acceptors (Lipinski definition) is 6. The number of imide groups is 1. The summed E-state index contributed by atoms with van der Waals surface area (Å²) in [6, 6.07) is 10.4. The summed E-state index contributed by atoms with van der Waals surface area (Å²) in [5.41, 5.74) is 0.878. The predicted molar refractivity (Wildman–Crippen MR) is 126 cm³/mol. The van der Waals surface area contributed by atoms with Gasteiger partial charge in [0.15, 0.2) is 0 Å². The first-order valence-corrected chi connectivity index (χ1v) is 11.5. The number of quaternary nitrogens is 1. The smallest absolute Gasteiger partial charge is 0.347 e. The van der Waals surface area contributed by atoms with E-state index >= 15 is 0 Å². The molecule has 1 aromatic heterocycles. The zero-order chi connectivity index (χ0) is 23.4. The molecule has 0 atom stereocenters. The third-order valence-electron chi connectivity index (χ3n) is 6.00. The molecule has 0 unspecified atom stereocenters. The topological polar surface area (TPSA) is 92.4 Å². The molecule has 0 radical (unpaired) electrons. The summed E-state index contributed by atoms with van der Waals surface area (Å²) in [7, 11) is 1.71.